The molecular formula is C22H21F3N6O3S. The van der Waals surface area contributed by atoms with Crippen LogP contribution in [-0.2, 0) is 23.2 Å². The highest BCUT2D eigenvalue weighted by Gasteiger charge is 2.35. The maximum absolute atomic E-state index is 13.1. The first-order valence-corrected chi connectivity index (χ1v) is 11.9. The SMILES string of the molecule is Cn1cc(-c2ccc(S(=O)(=O)N3CC[C@@H](Nc4ccc(C(F)(F)F)cn4)[C@@H](O)C3)cc2)nc1C#N. The average molecular weight is 507 g/mol. The highest BCUT2D eigenvalue weighted by Crippen LogP contribution is 2.30. The van der Waals surface area contributed by atoms with Crippen molar-refractivity contribution >= 4 is 15.8 Å². The van der Waals surface area contributed by atoms with Crippen LogP contribution < -0.4 is 5.32 Å². The van der Waals surface area contributed by atoms with Gasteiger partial charge in [-0.3, -0.25) is 0 Å². The summed E-state index contributed by atoms with van der Waals surface area (Å²) < 4.78 is 67.0. The highest BCUT2D eigenvalue weighted by atomic mass is 32.2. The second-order valence-corrected chi connectivity index (χ2v) is 10.0. The number of alkyl halides is 3. The lowest BCUT2D eigenvalue weighted by Crippen LogP contribution is -2.51. The zero-order chi connectivity index (χ0) is 25.4. The minimum absolute atomic E-state index is 0.0423. The van der Waals surface area contributed by atoms with E-state index in [2.05, 4.69) is 15.3 Å². The molecule has 2 atom stereocenters. The first kappa shape index (κ1) is 24.6. The topological polar surface area (TPSA) is 124 Å². The third kappa shape index (κ3) is 5.14. The van der Waals surface area contributed by atoms with Crippen molar-refractivity contribution in [2.24, 2.45) is 7.05 Å². The van der Waals surface area contributed by atoms with Crippen LogP contribution in [0.15, 0.2) is 53.7 Å². The number of aliphatic hydroxyl groups excluding tert-OH is 1. The van der Waals surface area contributed by atoms with Gasteiger partial charge in [0, 0.05) is 38.1 Å². The number of β-amino-alcohol motifs (C(OH)–C–C–N with tert-alkyl or cyclic N) is 1. The number of aliphatic hydroxyl groups is 1. The number of piperidine rings is 1. The molecule has 35 heavy (non-hydrogen) atoms. The van der Waals surface area contributed by atoms with Crippen molar-refractivity contribution in [3.8, 4) is 17.3 Å². The van der Waals surface area contributed by atoms with Gasteiger partial charge in [0.15, 0.2) is 0 Å². The summed E-state index contributed by atoms with van der Waals surface area (Å²) in [5, 5.41) is 22.5. The zero-order valence-electron chi connectivity index (χ0n) is 18.4. The summed E-state index contributed by atoms with van der Waals surface area (Å²) in [6, 6.07) is 9.51. The molecule has 1 aromatic carbocycles. The number of pyridine rings is 1. The van der Waals surface area contributed by atoms with E-state index in [1.165, 1.54) is 22.5 Å². The third-order valence-electron chi connectivity index (χ3n) is 5.73. The Bertz CT molecular complexity index is 1350. The number of nitriles is 1. The van der Waals surface area contributed by atoms with Crippen molar-refractivity contribution in [1.82, 2.24) is 18.8 Å². The quantitative estimate of drug-likeness (QED) is 0.545. The van der Waals surface area contributed by atoms with Crippen LogP contribution in [-0.4, -0.2) is 57.6 Å². The fourth-order valence-corrected chi connectivity index (χ4v) is 5.26. The van der Waals surface area contributed by atoms with E-state index in [1.807, 2.05) is 6.07 Å². The fourth-order valence-electron chi connectivity index (χ4n) is 3.78. The number of imidazole rings is 1. The molecule has 9 nitrogen and oxygen atoms in total. The molecule has 2 N–H and O–H groups in total. The Morgan fingerprint density at radius 3 is 2.46 bits per heavy atom. The normalized spacial score (nSPS) is 19.3. The lowest BCUT2D eigenvalue weighted by molar-refractivity contribution is -0.137. The molecule has 1 saturated heterocycles. The van der Waals surface area contributed by atoms with Gasteiger partial charge in [0.25, 0.3) is 0 Å². The summed E-state index contributed by atoms with van der Waals surface area (Å²) in [7, 11) is -2.21. The molecule has 0 radical (unpaired) electrons. The predicted molar refractivity (Wildman–Crippen MR) is 119 cm³/mol. The van der Waals surface area contributed by atoms with E-state index in [1.54, 1.807) is 29.9 Å². The molecule has 0 aliphatic carbocycles. The van der Waals surface area contributed by atoms with E-state index in [0.717, 1.165) is 6.07 Å². The second kappa shape index (κ2) is 9.29. The molecule has 184 valence electrons. The maximum Gasteiger partial charge on any atom is 0.417 e. The van der Waals surface area contributed by atoms with Crippen molar-refractivity contribution in [3.63, 3.8) is 0 Å². The van der Waals surface area contributed by atoms with Gasteiger partial charge >= 0.3 is 6.18 Å². The van der Waals surface area contributed by atoms with E-state index in [4.69, 9.17) is 5.26 Å². The van der Waals surface area contributed by atoms with Gasteiger partial charge in [-0.05, 0) is 30.7 Å². The van der Waals surface area contributed by atoms with E-state index in [-0.39, 0.29) is 36.0 Å². The first-order valence-electron chi connectivity index (χ1n) is 10.5. The predicted octanol–water partition coefficient (Wildman–Crippen LogP) is 2.61. The molecule has 2 aromatic heterocycles. The van der Waals surface area contributed by atoms with Gasteiger partial charge in [-0.2, -0.15) is 22.7 Å². The summed E-state index contributed by atoms with van der Waals surface area (Å²) in [4.78, 5) is 7.97. The largest absolute Gasteiger partial charge is 0.417 e. The molecule has 0 saturated carbocycles. The molecule has 0 unspecified atom stereocenters. The minimum atomic E-state index is -4.50. The van der Waals surface area contributed by atoms with Crippen LogP contribution in [0, 0.1) is 11.3 Å². The average Bonchev–Trinajstić information content (AvgIpc) is 3.21. The van der Waals surface area contributed by atoms with E-state index in [9.17, 15) is 26.7 Å². The summed E-state index contributed by atoms with van der Waals surface area (Å²) >= 11 is 0. The van der Waals surface area contributed by atoms with Crippen LogP contribution in [0.5, 0.6) is 0 Å². The Hall–Kier alpha value is -3.47. The Morgan fingerprint density at radius 2 is 1.91 bits per heavy atom. The van der Waals surface area contributed by atoms with Gasteiger partial charge < -0.3 is 15.0 Å². The number of nitrogens with zero attached hydrogens (tertiary/aromatic N) is 5. The van der Waals surface area contributed by atoms with Crippen molar-refractivity contribution in [3.05, 3.63) is 60.2 Å². The van der Waals surface area contributed by atoms with Crippen LogP contribution in [0.3, 0.4) is 0 Å². The number of rotatable bonds is 5. The van der Waals surface area contributed by atoms with E-state index in [0.29, 0.717) is 17.5 Å². The van der Waals surface area contributed by atoms with Crippen LogP contribution >= 0.6 is 0 Å². The van der Waals surface area contributed by atoms with Crippen LogP contribution in [0.1, 0.15) is 17.8 Å². The monoisotopic (exact) mass is 506 g/mol. The van der Waals surface area contributed by atoms with Crippen molar-refractivity contribution in [1.29, 1.82) is 5.26 Å². The lowest BCUT2D eigenvalue weighted by atomic mass is 10.0. The Balaban J connectivity index is 1.42. The zero-order valence-corrected chi connectivity index (χ0v) is 19.3. The third-order valence-corrected chi connectivity index (χ3v) is 7.61. The lowest BCUT2D eigenvalue weighted by Gasteiger charge is -2.35. The Morgan fingerprint density at radius 1 is 1.20 bits per heavy atom. The van der Waals surface area contributed by atoms with Crippen molar-refractivity contribution in [2.45, 2.75) is 29.6 Å². The molecule has 1 aliphatic rings. The summed E-state index contributed by atoms with van der Waals surface area (Å²) in [5.74, 6) is 0.386. The molecule has 13 heteroatoms. The number of hydrogen-bond donors (Lipinski definition) is 2. The minimum Gasteiger partial charge on any atom is -0.390 e. The maximum atomic E-state index is 13.1. The molecule has 0 spiro atoms. The summed E-state index contributed by atoms with van der Waals surface area (Å²) in [5.41, 5.74) is 0.296. The van der Waals surface area contributed by atoms with Gasteiger partial charge in [0.05, 0.1) is 28.3 Å². The van der Waals surface area contributed by atoms with Crippen molar-refractivity contribution in [2.75, 3.05) is 18.4 Å². The van der Waals surface area contributed by atoms with E-state index < -0.39 is 33.9 Å². The Labute approximate surface area is 199 Å². The van der Waals surface area contributed by atoms with Gasteiger partial charge in [0.1, 0.15) is 11.9 Å². The van der Waals surface area contributed by atoms with Crippen LogP contribution in [0.4, 0.5) is 19.0 Å². The molecule has 1 aliphatic heterocycles. The smallest absolute Gasteiger partial charge is 0.390 e. The number of hydrogen-bond acceptors (Lipinski definition) is 7. The van der Waals surface area contributed by atoms with Crippen molar-refractivity contribution < 1.29 is 26.7 Å². The molecule has 3 heterocycles. The number of benzene rings is 1. The first-order chi connectivity index (χ1) is 16.5. The molecular weight excluding hydrogens is 485 g/mol. The number of sulfonamides is 1. The van der Waals surface area contributed by atoms with E-state index >= 15 is 0 Å². The molecule has 1 fully saturated rings. The van der Waals surface area contributed by atoms with Gasteiger partial charge in [0.2, 0.25) is 15.8 Å². The van der Waals surface area contributed by atoms with Gasteiger partial charge in [-0.25, -0.2) is 18.4 Å². The van der Waals surface area contributed by atoms with Crippen LogP contribution in [0.2, 0.25) is 0 Å². The molecule has 0 bridgehead atoms. The summed E-state index contributed by atoms with van der Waals surface area (Å²) in [6.07, 6.45) is -3.00. The molecule has 0 amide bonds. The Kier molecular flexibility index (Phi) is 6.54. The second-order valence-electron chi connectivity index (χ2n) is 8.10. The fraction of sp³-hybridized carbons (Fsp3) is 0.318. The number of aromatic nitrogens is 3. The molecule has 4 rings (SSSR count). The number of aryl methyl sites for hydroxylation is 1. The number of nitrogens with one attached hydrogen (secondary N) is 1. The molecule has 3 aromatic rings. The van der Waals surface area contributed by atoms with Gasteiger partial charge in [-0.15, -0.1) is 0 Å². The highest BCUT2D eigenvalue weighted by molar-refractivity contribution is 7.89. The number of anilines is 1. The summed E-state index contributed by atoms with van der Waals surface area (Å²) in [6.45, 7) is -0.0840. The standard InChI is InChI=1S/C22H21F3N6O3S/c1-30-12-18(29-21(30)10-26)14-2-5-16(6-3-14)35(33,34)31-9-8-17(19(32)13-31)28-20-7-4-15(11-27-20)22(23,24)25/h2-7,11-12,17,19,32H,8-9,13H2,1H3,(H,27,28)/t17-,19+/m1/s1. The van der Waals surface area contributed by atoms with Crippen LogP contribution in [0.25, 0.3) is 11.3 Å². The number of halogens is 3. The van der Waals surface area contributed by atoms with Gasteiger partial charge in [-0.1, -0.05) is 12.1 Å².